The van der Waals surface area contributed by atoms with Crippen molar-refractivity contribution < 1.29 is 9.53 Å². The van der Waals surface area contributed by atoms with Crippen molar-refractivity contribution in [1.82, 2.24) is 20.1 Å². The number of rotatable bonds is 7. The van der Waals surface area contributed by atoms with Gasteiger partial charge in [0, 0.05) is 37.3 Å². The first-order chi connectivity index (χ1) is 12.7. The summed E-state index contributed by atoms with van der Waals surface area (Å²) in [5, 5.41) is 7.34. The van der Waals surface area contributed by atoms with Crippen molar-refractivity contribution in [3.05, 3.63) is 77.9 Å². The lowest BCUT2D eigenvalue weighted by molar-refractivity contribution is -0.121. The normalized spacial score (nSPS) is 11.8. The number of benzene rings is 1. The van der Waals surface area contributed by atoms with Gasteiger partial charge in [0.15, 0.2) is 0 Å². The van der Waals surface area contributed by atoms with E-state index in [9.17, 15) is 4.79 Å². The molecule has 1 atom stereocenters. The van der Waals surface area contributed by atoms with Crippen LogP contribution < -0.4 is 10.1 Å². The largest absolute Gasteiger partial charge is 0.497 e. The van der Waals surface area contributed by atoms with Gasteiger partial charge in [-0.3, -0.25) is 14.5 Å². The Hall–Kier alpha value is -3.15. The number of hydrogen-bond donors (Lipinski definition) is 1. The summed E-state index contributed by atoms with van der Waals surface area (Å²) in [5.41, 5.74) is 3.01. The second kappa shape index (κ2) is 8.29. The Labute approximate surface area is 152 Å². The molecule has 2 heterocycles. The molecule has 0 aliphatic heterocycles. The van der Waals surface area contributed by atoms with Gasteiger partial charge in [0.2, 0.25) is 5.91 Å². The highest BCUT2D eigenvalue weighted by Gasteiger charge is 2.17. The Morgan fingerprint density at radius 3 is 2.38 bits per heavy atom. The number of ether oxygens (including phenoxy) is 1. The highest BCUT2D eigenvalue weighted by Crippen LogP contribution is 2.24. The lowest BCUT2D eigenvalue weighted by atomic mass is 9.99. The summed E-state index contributed by atoms with van der Waals surface area (Å²) in [6, 6.07) is 13.2. The number of methoxy groups -OCH3 is 1. The van der Waals surface area contributed by atoms with Gasteiger partial charge >= 0.3 is 0 Å². The van der Waals surface area contributed by atoms with Gasteiger partial charge < -0.3 is 10.1 Å². The molecule has 0 aliphatic carbocycles. The van der Waals surface area contributed by atoms with Gasteiger partial charge in [-0.2, -0.15) is 5.10 Å². The van der Waals surface area contributed by atoms with Crippen LogP contribution in [0.5, 0.6) is 5.75 Å². The molecule has 0 bridgehead atoms. The highest BCUT2D eigenvalue weighted by molar-refractivity contribution is 5.77. The molecular weight excluding hydrogens is 328 g/mol. The van der Waals surface area contributed by atoms with E-state index in [4.69, 9.17) is 4.74 Å². The van der Waals surface area contributed by atoms with E-state index in [2.05, 4.69) is 15.4 Å². The SMILES string of the molecule is COc1ccc(C(NC(=O)CCn2nccc2C)c2ccncc2)cc1. The summed E-state index contributed by atoms with van der Waals surface area (Å²) in [6.07, 6.45) is 5.56. The zero-order valence-electron chi connectivity index (χ0n) is 14.9. The molecule has 1 aromatic carbocycles. The minimum absolute atomic E-state index is 0.0301. The molecule has 0 fully saturated rings. The fourth-order valence-corrected chi connectivity index (χ4v) is 2.78. The average molecular weight is 350 g/mol. The van der Waals surface area contributed by atoms with Gasteiger partial charge in [0.25, 0.3) is 0 Å². The molecule has 0 spiro atoms. The first-order valence-electron chi connectivity index (χ1n) is 8.49. The summed E-state index contributed by atoms with van der Waals surface area (Å²) in [5.74, 6) is 0.750. The first-order valence-corrected chi connectivity index (χ1v) is 8.49. The van der Waals surface area contributed by atoms with Crippen LogP contribution >= 0.6 is 0 Å². The molecule has 0 radical (unpaired) electrons. The van der Waals surface area contributed by atoms with Gasteiger partial charge in [-0.15, -0.1) is 0 Å². The number of aryl methyl sites for hydroxylation is 2. The smallest absolute Gasteiger partial charge is 0.222 e. The molecule has 1 amide bonds. The molecule has 3 rings (SSSR count). The second-order valence-electron chi connectivity index (χ2n) is 6.00. The van der Waals surface area contributed by atoms with Crippen LogP contribution in [0.25, 0.3) is 0 Å². The molecular formula is C20H22N4O2. The molecule has 1 N–H and O–H groups in total. The fraction of sp³-hybridized carbons (Fsp3) is 0.250. The van der Waals surface area contributed by atoms with E-state index in [0.29, 0.717) is 13.0 Å². The molecule has 26 heavy (non-hydrogen) atoms. The maximum absolute atomic E-state index is 12.5. The van der Waals surface area contributed by atoms with Crippen molar-refractivity contribution in [3.63, 3.8) is 0 Å². The summed E-state index contributed by atoms with van der Waals surface area (Å²) in [4.78, 5) is 16.6. The van der Waals surface area contributed by atoms with Gasteiger partial charge in [0.05, 0.1) is 13.2 Å². The Kier molecular flexibility index (Phi) is 5.63. The first kappa shape index (κ1) is 17.7. The van der Waals surface area contributed by atoms with Crippen molar-refractivity contribution in [3.8, 4) is 5.75 Å². The second-order valence-corrected chi connectivity index (χ2v) is 6.00. The molecule has 6 heteroatoms. The Balaban J connectivity index is 1.75. The van der Waals surface area contributed by atoms with Crippen molar-refractivity contribution >= 4 is 5.91 Å². The number of aromatic nitrogens is 3. The number of hydrogen-bond acceptors (Lipinski definition) is 4. The van der Waals surface area contributed by atoms with E-state index < -0.39 is 0 Å². The zero-order chi connectivity index (χ0) is 18.4. The number of nitrogens with zero attached hydrogens (tertiary/aromatic N) is 3. The van der Waals surface area contributed by atoms with E-state index in [1.54, 1.807) is 25.7 Å². The number of carbonyl (C=O) groups excluding carboxylic acids is 1. The Morgan fingerprint density at radius 1 is 1.08 bits per heavy atom. The predicted molar refractivity (Wildman–Crippen MR) is 98.8 cm³/mol. The van der Waals surface area contributed by atoms with E-state index in [1.807, 2.05) is 54.1 Å². The van der Waals surface area contributed by atoms with Crippen LogP contribution in [0.1, 0.15) is 29.3 Å². The molecule has 0 saturated carbocycles. The highest BCUT2D eigenvalue weighted by atomic mass is 16.5. The van der Waals surface area contributed by atoms with Crippen LogP contribution in [0.15, 0.2) is 61.1 Å². The van der Waals surface area contributed by atoms with E-state index in [-0.39, 0.29) is 11.9 Å². The molecule has 0 aliphatic rings. The zero-order valence-corrected chi connectivity index (χ0v) is 14.9. The third kappa shape index (κ3) is 4.27. The molecule has 134 valence electrons. The third-order valence-electron chi connectivity index (χ3n) is 4.27. The van der Waals surface area contributed by atoms with Crippen molar-refractivity contribution in [1.29, 1.82) is 0 Å². The van der Waals surface area contributed by atoms with Crippen molar-refractivity contribution in [2.24, 2.45) is 0 Å². The van der Waals surface area contributed by atoms with E-state index >= 15 is 0 Å². The molecule has 3 aromatic rings. The maximum Gasteiger partial charge on any atom is 0.222 e. The van der Waals surface area contributed by atoms with Crippen LogP contribution in [0.2, 0.25) is 0 Å². The number of nitrogens with one attached hydrogen (secondary N) is 1. The van der Waals surface area contributed by atoms with Gasteiger partial charge in [-0.1, -0.05) is 12.1 Å². The van der Waals surface area contributed by atoms with E-state index in [1.165, 1.54) is 0 Å². The lowest BCUT2D eigenvalue weighted by Crippen LogP contribution is -2.30. The fourth-order valence-electron chi connectivity index (χ4n) is 2.78. The lowest BCUT2D eigenvalue weighted by Gasteiger charge is -2.20. The molecule has 6 nitrogen and oxygen atoms in total. The monoisotopic (exact) mass is 350 g/mol. The summed E-state index contributed by atoms with van der Waals surface area (Å²) < 4.78 is 7.05. The van der Waals surface area contributed by atoms with Gasteiger partial charge in [-0.05, 0) is 48.4 Å². The minimum atomic E-state index is -0.241. The minimum Gasteiger partial charge on any atom is -0.497 e. The predicted octanol–water partition coefficient (Wildman–Crippen LogP) is 2.89. The van der Waals surface area contributed by atoms with E-state index in [0.717, 1.165) is 22.6 Å². The Bertz CT molecular complexity index is 844. The molecule has 1 unspecified atom stereocenters. The van der Waals surface area contributed by atoms with Crippen LogP contribution in [0.3, 0.4) is 0 Å². The quantitative estimate of drug-likeness (QED) is 0.711. The maximum atomic E-state index is 12.5. The van der Waals surface area contributed by atoms with Crippen molar-refractivity contribution in [2.45, 2.75) is 25.9 Å². The summed E-state index contributed by atoms with van der Waals surface area (Å²) in [6.45, 7) is 2.53. The average Bonchev–Trinajstić information content (AvgIpc) is 3.10. The van der Waals surface area contributed by atoms with Crippen LogP contribution in [0, 0.1) is 6.92 Å². The third-order valence-corrected chi connectivity index (χ3v) is 4.27. The molecule has 2 aromatic heterocycles. The standard InChI is InChI=1S/C20H22N4O2/c1-15-7-13-22-24(15)14-10-19(25)23-20(17-8-11-21-12-9-17)16-3-5-18(26-2)6-4-16/h3-9,11-13,20H,10,14H2,1-2H3,(H,23,25). The topological polar surface area (TPSA) is 69.0 Å². The van der Waals surface area contributed by atoms with Crippen LogP contribution in [-0.2, 0) is 11.3 Å². The Morgan fingerprint density at radius 2 is 1.77 bits per heavy atom. The van der Waals surface area contributed by atoms with Gasteiger partial charge in [0.1, 0.15) is 5.75 Å². The summed E-state index contributed by atoms with van der Waals surface area (Å²) in [7, 11) is 1.63. The van der Waals surface area contributed by atoms with Crippen molar-refractivity contribution in [2.75, 3.05) is 7.11 Å². The summed E-state index contributed by atoms with van der Waals surface area (Å²) >= 11 is 0. The number of pyridine rings is 1. The van der Waals surface area contributed by atoms with Crippen LogP contribution in [0.4, 0.5) is 0 Å². The number of carbonyl (C=O) groups is 1. The van der Waals surface area contributed by atoms with Gasteiger partial charge in [-0.25, -0.2) is 0 Å². The number of amides is 1. The molecule has 0 saturated heterocycles. The van der Waals surface area contributed by atoms with Crippen LogP contribution in [-0.4, -0.2) is 27.8 Å².